The maximum absolute atomic E-state index is 13.1. The maximum atomic E-state index is 13.1. The fourth-order valence-corrected chi connectivity index (χ4v) is 4.12. The molecule has 4 heterocycles. The fourth-order valence-electron chi connectivity index (χ4n) is 4.12. The highest BCUT2D eigenvalue weighted by atomic mass is 19.1. The van der Waals surface area contributed by atoms with Gasteiger partial charge >= 0.3 is 0 Å². The third-order valence-corrected chi connectivity index (χ3v) is 5.88. The Labute approximate surface area is 195 Å². The molecular weight excluding hydrogens is 439 g/mol. The summed E-state index contributed by atoms with van der Waals surface area (Å²) in [7, 11) is 0. The number of nitrogens with one attached hydrogen (secondary N) is 4. The third-order valence-electron chi connectivity index (χ3n) is 5.88. The van der Waals surface area contributed by atoms with Crippen LogP contribution in [0.15, 0.2) is 36.5 Å². The molecule has 1 amide bonds. The van der Waals surface area contributed by atoms with E-state index >= 15 is 0 Å². The minimum absolute atomic E-state index is 0.109. The van der Waals surface area contributed by atoms with E-state index in [0.717, 1.165) is 12.1 Å². The van der Waals surface area contributed by atoms with Crippen LogP contribution >= 0.6 is 0 Å². The molecule has 1 fully saturated rings. The van der Waals surface area contributed by atoms with Crippen molar-refractivity contribution < 1.29 is 14.3 Å². The molecule has 34 heavy (non-hydrogen) atoms. The number of aromatic nitrogens is 5. The molecule has 1 saturated heterocycles. The van der Waals surface area contributed by atoms with Crippen molar-refractivity contribution in [3.05, 3.63) is 48.2 Å². The van der Waals surface area contributed by atoms with Gasteiger partial charge in [-0.3, -0.25) is 9.89 Å². The number of fused-ring (bicyclic) bond motifs is 1. The molecular formula is C23H25FN8O2. The number of carbonyl (C=O) groups excluding carboxylic acids is 1. The molecule has 176 valence electrons. The first kappa shape index (κ1) is 21.7. The molecule has 2 aliphatic heterocycles. The number of halogens is 1. The lowest BCUT2D eigenvalue weighted by Crippen LogP contribution is -2.40. The SMILES string of the molecule is CC(C)c1cc(Nc2nc(N3CCCC3C(=O)Nc3ccc(F)nc3)[nH]c3cc(O)cc2-3)n[nH]1. The van der Waals surface area contributed by atoms with Crippen molar-refractivity contribution in [1.29, 1.82) is 0 Å². The van der Waals surface area contributed by atoms with Gasteiger partial charge in [0, 0.05) is 29.9 Å². The predicted molar refractivity (Wildman–Crippen MR) is 126 cm³/mol. The predicted octanol–water partition coefficient (Wildman–Crippen LogP) is 3.95. The van der Waals surface area contributed by atoms with Crippen molar-refractivity contribution in [3.63, 3.8) is 0 Å². The first-order valence-corrected chi connectivity index (χ1v) is 11.1. The van der Waals surface area contributed by atoms with Crippen LogP contribution < -0.4 is 15.5 Å². The summed E-state index contributed by atoms with van der Waals surface area (Å²) in [6, 6.07) is 7.35. The lowest BCUT2D eigenvalue weighted by Gasteiger charge is -2.26. The van der Waals surface area contributed by atoms with Gasteiger partial charge in [0.2, 0.25) is 17.8 Å². The van der Waals surface area contributed by atoms with Crippen molar-refractivity contribution in [2.45, 2.75) is 38.6 Å². The van der Waals surface area contributed by atoms with Crippen LogP contribution in [-0.4, -0.2) is 48.7 Å². The summed E-state index contributed by atoms with van der Waals surface area (Å²) in [5.74, 6) is 1.18. The number of aromatic amines is 2. The number of hydrogen-bond donors (Lipinski definition) is 5. The van der Waals surface area contributed by atoms with Crippen molar-refractivity contribution >= 4 is 29.2 Å². The van der Waals surface area contributed by atoms with Gasteiger partial charge in [-0.25, -0.2) is 4.98 Å². The van der Waals surface area contributed by atoms with Crippen LogP contribution in [-0.2, 0) is 4.79 Å². The number of pyridine rings is 1. The number of aromatic hydroxyl groups is 1. The quantitative estimate of drug-likeness (QED) is 0.273. The number of H-pyrrole nitrogens is 2. The largest absolute Gasteiger partial charge is 0.508 e. The van der Waals surface area contributed by atoms with Crippen LogP contribution in [0.3, 0.4) is 0 Å². The van der Waals surface area contributed by atoms with Gasteiger partial charge in [0.15, 0.2) is 5.82 Å². The highest BCUT2D eigenvalue weighted by Gasteiger charge is 2.33. The summed E-state index contributed by atoms with van der Waals surface area (Å²) >= 11 is 0. The summed E-state index contributed by atoms with van der Waals surface area (Å²) in [4.78, 5) is 26.5. The van der Waals surface area contributed by atoms with E-state index < -0.39 is 12.0 Å². The molecule has 1 aliphatic carbocycles. The number of rotatable bonds is 6. The Morgan fingerprint density at radius 2 is 2.15 bits per heavy atom. The van der Waals surface area contributed by atoms with E-state index in [1.807, 2.05) is 11.0 Å². The van der Waals surface area contributed by atoms with Crippen LogP contribution in [0, 0.1) is 5.95 Å². The molecule has 2 aromatic rings. The molecule has 0 spiro atoms. The summed E-state index contributed by atoms with van der Waals surface area (Å²) in [6.45, 7) is 4.76. The van der Waals surface area contributed by atoms with Gasteiger partial charge in [-0.2, -0.15) is 14.5 Å². The molecule has 0 saturated carbocycles. The summed E-state index contributed by atoms with van der Waals surface area (Å²) in [5.41, 5.74) is 2.79. The van der Waals surface area contributed by atoms with Gasteiger partial charge in [-0.05, 0) is 37.0 Å². The lowest BCUT2D eigenvalue weighted by molar-refractivity contribution is -0.117. The van der Waals surface area contributed by atoms with Crippen molar-refractivity contribution in [1.82, 2.24) is 25.1 Å². The van der Waals surface area contributed by atoms with Gasteiger partial charge in [-0.15, -0.1) is 0 Å². The van der Waals surface area contributed by atoms with Crippen molar-refractivity contribution in [2.75, 3.05) is 22.1 Å². The molecule has 1 atom stereocenters. The van der Waals surface area contributed by atoms with Crippen molar-refractivity contribution in [3.8, 4) is 17.0 Å². The molecule has 2 aromatic heterocycles. The Morgan fingerprint density at radius 1 is 1.29 bits per heavy atom. The monoisotopic (exact) mass is 464 g/mol. The minimum Gasteiger partial charge on any atom is -0.508 e. The van der Waals surface area contributed by atoms with Crippen LogP contribution in [0.5, 0.6) is 5.75 Å². The van der Waals surface area contributed by atoms with E-state index in [1.54, 1.807) is 12.1 Å². The highest BCUT2D eigenvalue weighted by molar-refractivity contribution is 5.97. The average molecular weight is 465 g/mol. The first-order chi connectivity index (χ1) is 16.4. The van der Waals surface area contributed by atoms with Crippen LogP contribution in [0.2, 0.25) is 0 Å². The molecule has 0 radical (unpaired) electrons. The zero-order valence-electron chi connectivity index (χ0n) is 18.8. The van der Waals surface area contributed by atoms with E-state index in [0.29, 0.717) is 53.4 Å². The zero-order chi connectivity index (χ0) is 23.8. The average Bonchev–Trinajstić information content (AvgIpc) is 3.54. The molecule has 10 nitrogen and oxygen atoms in total. The Hall–Kier alpha value is -4.15. The zero-order valence-corrected chi connectivity index (χ0v) is 18.8. The maximum Gasteiger partial charge on any atom is 0.247 e. The highest BCUT2D eigenvalue weighted by Crippen LogP contribution is 2.37. The van der Waals surface area contributed by atoms with Gasteiger partial charge in [-0.1, -0.05) is 13.8 Å². The van der Waals surface area contributed by atoms with Crippen LogP contribution in [0.25, 0.3) is 11.3 Å². The van der Waals surface area contributed by atoms with Crippen molar-refractivity contribution in [2.24, 2.45) is 0 Å². The number of hydrogen-bond acceptors (Lipinski definition) is 7. The van der Waals surface area contributed by atoms with E-state index in [1.165, 1.54) is 18.3 Å². The second-order valence-corrected chi connectivity index (χ2v) is 8.65. The van der Waals surface area contributed by atoms with Gasteiger partial charge in [0.05, 0.1) is 17.6 Å². The second kappa shape index (κ2) is 8.65. The standard InChI is InChI=1S/C23H25FN8O2/c1-12(2)16-10-20(31-30-16)28-21-15-8-14(33)9-17(15)27-23(29-21)32-7-3-4-18(32)22(34)26-13-5-6-19(24)25-11-13/h5-6,8-12,18,33H,3-4,7H2,1-2H3,(H,26,34)(H,27,29)(H2,28,30,31). The minimum atomic E-state index is -0.608. The van der Waals surface area contributed by atoms with Crippen LogP contribution in [0.4, 0.5) is 27.7 Å². The van der Waals surface area contributed by atoms with E-state index in [9.17, 15) is 14.3 Å². The molecule has 5 rings (SSSR count). The summed E-state index contributed by atoms with van der Waals surface area (Å²) in [6.07, 6.45) is 2.73. The van der Waals surface area contributed by atoms with Gasteiger partial charge in [0.25, 0.3) is 0 Å². The fraction of sp³-hybridized carbons (Fsp3) is 0.304. The Balaban J connectivity index is 1.44. The molecule has 3 aliphatic rings. The molecule has 0 bridgehead atoms. The smallest absolute Gasteiger partial charge is 0.247 e. The number of amides is 1. The summed E-state index contributed by atoms with van der Waals surface area (Å²) in [5, 5.41) is 23.4. The summed E-state index contributed by atoms with van der Waals surface area (Å²) < 4.78 is 13.1. The number of anilines is 4. The Bertz CT molecular complexity index is 1280. The van der Waals surface area contributed by atoms with E-state index in [4.69, 9.17) is 4.98 Å². The second-order valence-electron chi connectivity index (χ2n) is 8.65. The molecule has 0 aromatic carbocycles. The topological polar surface area (TPSA) is 135 Å². The number of nitrogens with zero attached hydrogens (tertiary/aromatic N) is 4. The third kappa shape index (κ3) is 4.24. The molecule has 1 unspecified atom stereocenters. The lowest BCUT2D eigenvalue weighted by atomic mass is 10.1. The Morgan fingerprint density at radius 3 is 2.88 bits per heavy atom. The normalized spacial score (nSPS) is 15.9. The Kier molecular flexibility index (Phi) is 5.52. The van der Waals surface area contributed by atoms with E-state index in [2.05, 4.69) is 44.6 Å². The molecule has 5 N–H and O–H groups in total. The van der Waals surface area contributed by atoms with E-state index in [-0.39, 0.29) is 11.7 Å². The van der Waals surface area contributed by atoms with Gasteiger partial charge < -0.3 is 25.6 Å². The molecule has 11 heteroatoms. The van der Waals surface area contributed by atoms with Gasteiger partial charge in [0.1, 0.15) is 17.6 Å². The van der Waals surface area contributed by atoms with Crippen LogP contribution in [0.1, 0.15) is 38.3 Å². The first-order valence-electron chi connectivity index (χ1n) is 11.1. The number of carbonyl (C=O) groups is 1.